The van der Waals surface area contributed by atoms with E-state index in [-0.39, 0.29) is 24.9 Å². The van der Waals surface area contributed by atoms with Crippen LogP contribution in [-0.4, -0.2) is 59.0 Å². The van der Waals surface area contributed by atoms with Crippen molar-refractivity contribution in [3.05, 3.63) is 35.9 Å². The van der Waals surface area contributed by atoms with E-state index in [1.165, 1.54) is 4.90 Å². The van der Waals surface area contributed by atoms with Gasteiger partial charge in [0.25, 0.3) is 0 Å². The molecule has 7 nitrogen and oxygen atoms in total. The van der Waals surface area contributed by atoms with Gasteiger partial charge in [-0.05, 0) is 18.4 Å². The van der Waals surface area contributed by atoms with Crippen LogP contribution in [0.15, 0.2) is 30.3 Å². The van der Waals surface area contributed by atoms with Crippen molar-refractivity contribution in [2.24, 2.45) is 0 Å². The number of carboxylic acids is 1. The molecule has 0 spiro atoms. The van der Waals surface area contributed by atoms with E-state index in [1.54, 1.807) is 19.0 Å². The quantitative estimate of drug-likeness (QED) is 0.766. The minimum atomic E-state index is -1.11. The molecule has 0 radical (unpaired) electrons. The maximum atomic E-state index is 12.5. The van der Waals surface area contributed by atoms with E-state index in [9.17, 15) is 19.5 Å². The minimum absolute atomic E-state index is 0.0798. The lowest BCUT2D eigenvalue weighted by Crippen LogP contribution is -2.56. The highest BCUT2D eigenvalue weighted by Gasteiger charge is 2.45. The Kier molecular flexibility index (Phi) is 7.21. The summed E-state index contributed by atoms with van der Waals surface area (Å²) in [5.74, 6) is -1.20. The summed E-state index contributed by atoms with van der Waals surface area (Å²) in [4.78, 5) is 39.4. The second-order valence-electron chi connectivity index (χ2n) is 7.17. The molecule has 0 unspecified atom stereocenters. The Hall–Kier alpha value is -2.57. The highest BCUT2D eigenvalue weighted by atomic mass is 16.4. The fourth-order valence-corrected chi connectivity index (χ4v) is 3.58. The van der Waals surface area contributed by atoms with Crippen molar-refractivity contribution in [1.82, 2.24) is 15.1 Å². The van der Waals surface area contributed by atoms with Crippen LogP contribution in [0.1, 0.15) is 44.1 Å². The number of nitrogens with one attached hydrogen (secondary N) is 1. The molecule has 7 heteroatoms. The maximum Gasteiger partial charge on any atom is 0.329 e. The zero-order valence-electron chi connectivity index (χ0n) is 16.1. The Morgan fingerprint density at radius 3 is 2.30 bits per heavy atom. The first-order valence-electron chi connectivity index (χ1n) is 9.40. The molecule has 1 aromatic rings. The number of benzene rings is 1. The van der Waals surface area contributed by atoms with Crippen molar-refractivity contribution in [2.75, 3.05) is 20.6 Å². The largest absolute Gasteiger partial charge is 0.479 e. The summed E-state index contributed by atoms with van der Waals surface area (Å²) in [6, 6.07) is 9.37. The number of nitrogens with zero attached hydrogens (tertiary/aromatic N) is 2. The fourth-order valence-electron chi connectivity index (χ4n) is 3.58. The van der Waals surface area contributed by atoms with Gasteiger partial charge in [0.2, 0.25) is 5.91 Å². The number of carbonyl (C=O) groups excluding carboxylic acids is 2. The number of hydrogen-bond donors (Lipinski definition) is 2. The number of likely N-dealkylation sites (N-methyl/N-ethyl adjacent to an activating group) is 1. The first kappa shape index (κ1) is 20.7. The van der Waals surface area contributed by atoms with Crippen LogP contribution >= 0.6 is 0 Å². The molecule has 1 aliphatic carbocycles. The van der Waals surface area contributed by atoms with Crippen LogP contribution in [-0.2, 0) is 16.1 Å². The van der Waals surface area contributed by atoms with Gasteiger partial charge < -0.3 is 20.2 Å². The third kappa shape index (κ3) is 5.21. The van der Waals surface area contributed by atoms with Crippen molar-refractivity contribution in [2.45, 2.75) is 50.6 Å². The monoisotopic (exact) mass is 375 g/mol. The van der Waals surface area contributed by atoms with Crippen LogP contribution in [0.2, 0.25) is 0 Å². The maximum absolute atomic E-state index is 12.5. The average molecular weight is 375 g/mol. The Balaban J connectivity index is 1.82. The number of amides is 3. The van der Waals surface area contributed by atoms with E-state index in [0.29, 0.717) is 19.4 Å². The third-order valence-electron chi connectivity index (χ3n) is 5.32. The number of hydrogen-bond acceptors (Lipinski definition) is 3. The van der Waals surface area contributed by atoms with E-state index in [0.717, 1.165) is 24.8 Å². The molecule has 3 amide bonds. The number of aliphatic carboxylic acids is 1. The van der Waals surface area contributed by atoms with E-state index >= 15 is 0 Å². The SMILES string of the molecule is CN(Cc1ccccc1)C(=O)NCCC(=O)N(C)C1(C(=O)O)CCCCC1. The predicted molar refractivity (Wildman–Crippen MR) is 102 cm³/mol. The van der Waals surface area contributed by atoms with Crippen LogP contribution < -0.4 is 5.32 Å². The zero-order chi connectivity index (χ0) is 19.9. The molecule has 0 aromatic heterocycles. The lowest BCUT2D eigenvalue weighted by Gasteiger charge is -2.41. The van der Waals surface area contributed by atoms with E-state index in [4.69, 9.17) is 0 Å². The van der Waals surface area contributed by atoms with Crippen LogP contribution in [0, 0.1) is 0 Å². The standard InChI is InChI=1S/C20H29N3O4/c1-22(15-16-9-5-3-6-10-16)19(27)21-14-11-17(24)23(2)20(18(25)26)12-7-4-8-13-20/h3,5-6,9-10H,4,7-8,11-15H2,1-2H3,(H,21,27)(H,25,26). The van der Waals surface area contributed by atoms with Crippen LogP contribution in [0.4, 0.5) is 4.79 Å². The molecule has 0 atom stereocenters. The second-order valence-corrected chi connectivity index (χ2v) is 7.17. The minimum Gasteiger partial charge on any atom is -0.479 e. The van der Waals surface area contributed by atoms with Crippen LogP contribution in [0.25, 0.3) is 0 Å². The van der Waals surface area contributed by atoms with Gasteiger partial charge in [-0.15, -0.1) is 0 Å². The number of carbonyl (C=O) groups is 3. The summed E-state index contributed by atoms with van der Waals surface area (Å²) in [5, 5.41) is 12.4. The van der Waals surface area contributed by atoms with Gasteiger partial charge in [-0.3, -0.25) is 4.79 Å². The normalized spacial score (nSPS) is 15.6. The van der Waals surface area contributed by atoms with Gasteiger partial charge in [-0.2, -0.15) is 0 Å². The van der Waals surface area contributed by atoms with Crippen molar-refractivity contribution >= 4 is 17.9 Å². The van der Waals surface area contributed by atoms with Crippen LogP contribution in [0.3, 0.4) is 0 Å². The number of urea groups is 1. The molecule has 2 N–H and O–H groups in total. The Morgan fingerprint density at radius 2 is 1.70 bits per heavy atom. The third-order valence-corrected chi connectivity index (χ3v) is 5.32. The van der Waals surface area contributed by atoms with Gasteiger partial charge in [0.1, 0.15) is 5.54 Å². The number of rotatable bonds is 7. The van der Waals surface area contributed by atoms with Gasteiger partial charge >= 0.3 is 12.0 Å². The summed E-state index contributed by atoms with van der Waals surface area (Å²) in [6.07, 6.45) is 3.67. The molecule has 0 saturated heterocycles. The molecule has 148 valence electrons. The number of carboxylic acid groups (broad SMARTS) is 1. The first-order valence-corrected chi connectivity index (χ1v) is 9.40. The highest BCUT2D eigenvalue weighted by molar-refractivity contribution is 5.87. The molecule has 0 heterocycles. The van der Waals surface area contributed by atoms with Crippen molar-refractivity contribution in [3.8, 4) is 0 Å². The van der Waals surface area contributed by atoms with Gasteiger partial charge in [0.05, 0.1) is 0 Å². The lowest BCUT2D eigenvalue weighted by molar-refractivity contribution is -0.160. The second kappa shape index (κ2) is 9.39. The van der Waals surface area contributed by atoms with E-state index in [1.807, 2.05) is 30.3 Å². The van der Waals surface area contributed by atoms with Gasteiger partial charge in [0, 0.05) is 33.6 Å². The fraction of sp³-hybridized carbons (Fsp3) is 0.550. The lowest BCUT2D eigenvalue weighted by atomic mass is 9.80. The summed E-state index contributed by atoms with van der Waals surface area (Å²) in [5.41, 5.74) is -0.0876. The molecular weight excluding hydrogens is 346 g/mol. The first-order chi connectivity index (χ1) is 12.9. The van der Waals surface area contributed by atoms with E-state index in [2.05, 4.69) is 5.32 Å². The molecule has 0 bridgehead atoms. The topological polar surface area (TPSA) is 90.0 Å². The molecule has 1 aliphatic rings. The summed E-state index contributed by atoms with van der Waals surface area (Å²) in [6.45, 7) is 0.652. The van der Waals surface area contributed by atoms with Crippen LogP contribution in [0.5, 0.6) is 0 Å². The Bertz CT molecular complexity index is 656. The van der Waals surface area contributed by atoms with Gasteiger partial charge in [-0.1, -0.05) is 49.6 Å². The zero-order valence-corrected chi connectivity index (χ0v) is 16.1. The molecule has 1 fully saturated rings. The van der Waals surface area contributed by atoms with Gasteiger partial charge in [0.15, 0.2) is 0 Å². The Morgan fingerprint density at radius 1 is 1.07 bits per heavy atom. The molecule has 1 aromatic carbocycles. The summed E-state index contributed by atoms with van der Waals surface area (Å²) >= 11 is 0. The van der Waals surface area contributed by atoms with Crippen molar-refractivity contribution in [1.29, 1.82) is 0 Å². The smallest absolute Gasteiger partial charge is 0.329 e. The van der Waals surface area contributed by atoms with Crippen molar-refractivity contribution in [3.63, 3.8) is 0 Å². The van der Waals surface area contributed by atoms with E-state index < -0.39 is 11.5 Å². The molecule has 0 aliphatic heterocycles. The summed E-state index contributed by atoms with van der Waals surface area (Å²) in [7, 11) is 3.25. The molecule has 2 rings (SSSR count). The molecular formula is C20H29N3O4. The van der Waals surface area contributed by atoms with Crippen molar-refractivity contribution < 1.29 is 19.5 Å². The molecule has 1 saturated carbocycles. The molecule has 27 heavy (non-hydrogen) atoms. The summed E-state index contributed by atoms with van der Waals surface area (Å²) < 4.78 is 0. The predicted octanol–water partition coefficient (Wildman–Crippen LogP) is 2.46. The van der Waals surface area contributed by atoms with Gasteiger partial charge in [-0.25, -0.2) is 9.59 Å². The Labute approximate surface area is 160 Å². The average Bonchev–Trinajstić information content (AvgIpc) is 2.68. The highest BCUT2D eigenvalue weighted by Crippen LogP contribution is 2.33.